The van der Waals surface area contributed by atoms with E-state index in [-0.39, 0.29) is 0 Å². The van der Waals surface area contributed by atoms with E-state index in [1.165, 1.54) is 4.80 Å². The summed E-state index contributed by atoms with van der Waals surface area (Å²) in [6, 6.07) is 1.82. The van der Waals surface area contributed by atoms with Crippen molar-refractivity contribution in [3.8, 4) is 11.3 Å². The normalized spacial score (nSPS) is 10.2. The van der Waals surface area contributed by atoms with Crippen molar-refractivity contribution >= 4 is 5.69 Å². The van der Waals surface area contributed by atoms with Gasteiger partial charge < -0.3 is 5.73 Å². The number of hydrogen-bond acceptors (Lipinski definition) is 4. The van der Waals surface area contributed by atoms with Crippen LogP contribution in [0.1, 0.15) is 0 Å². The van der Waals surface area contributed by atoms with E-state index >= 15 is 0 Å². The van der Waals surface area contributed by atoms with Gasteiger partial charge in [0.2, 0.25) is 0 Å². The molecule has 2 heterocycles. The van der Waals surface area contributed by atoms with E-state index in [1.54, 1.807) is 25.6 Å². The Morgan fingerprint density at radius 3 is 2.85 bits per heavy atom. The molecule has 0 spiro atoms. The van der Waals surface area contributed by atoms with Gasteiger partial charge in [0.1, 0.15) is 5.69 Å². The number of anilines is 1. The fourth-order valence-corrected chi connectivity index (χ4v) is 1.11. The molecule has 0 atom stereocenters. The van der Waals surface area contributed by atoms with Crippen molar-refractivity contribution in [3.63, 3.8) is 0 Å². The Balaban J connectivity index is 2.52. The third kappa shape index (κ3) is 1.35. The average Bonchev–Trinajstić information content (AvgIpc) is 2.53. The first-order valence-corrected chi connectivity index (χ1v) is 3.83. The molecule has 0 bridgehead atoms. The SMILES string of the molecule is Cn1ncc(-c2ccncc2N)n1. The molecule has 2 rings (SSSR count). The number of aryl methyl sites for hydroxylation is 1. The number of nitrogens with two attached hydrogens (primary N) is 1. The van der Waals surface area contributed by atoms with Crippen LogP contribution in [0.2, 0.25) is 0 Å². The summed E-state index contributed by atoms with van der Waals surface area (Å²) in [6.07, 6.45) is 4.95. The van der Waals surface area contributed by atoms with Gasteiger partial charge in [-0.05, 0) is 6.07 Å². The molecule has 0 unspecified atom stereocenters. The number of hydrogen-bond donors (Lipinski definition) is 1. The van der Waals surface area contributed by atoms with Gasteiger partial charge in [-0.3, -0.25) is 4.98 Å². The second kappa shape index (κ2) is 2.85. The van der Waals surface area contributed by atoms with Crippen molar-refractivity contribution in [2.45, 2.75) is 0 Å². The predicted molar refractivity (Wildman–Crippen MR) is 48.6 cm³/mol. The lowest BCUT2D eigenvalue weighted by atomic mass is 10.2. The van der Waals surface area contributed by atoms with E-state index in [0.29, 0.717) is 5.69 Å². The standard InChI is InChI=1S/C8H9N5/c1-13-11-5-8(12-13)6-2-3-10-4-7(6)9/h2-5H,9H2,1H3. The number of nitrogens with zero attached hydrogens (tertiary/aromatic N) is 4. The van der Waals surface area contributed by atoms with Gasteiger partial charge in [0.05, 0.1) is 18.1 Å². The quantitative estimate of drug-likeness (QED) is 0.683. The van der Waals surface area contributed by atoms with E-state index in [9.17, 15) is 0 Å². The van der Waals surface area contributed by atoms with Crippen molar-refractivity contribution in [2.75, 3.05) is 5.73 Å². The molecule has 0 aliphatic carbocycles. The highest BCUT2D eigenvalue weighted by atomic mass is 15.4. The van der Waals surface area contributed by atoms with Crippen molar-refractivity contribution in [1.29, 1.82) is 0 Å². The third-order valence-corrected chi connectivity index (χ3v) is 1.73. The van der Waals surface area contributed by atoms with Gasteiger partial charge in [0, 0.05) is 18.8 Å². The topological polar surface area (TPSA) is 69.6 Å². The minimum atomic E-state index is 0.614. The number of aromatic nitrogens is 4. The van der Waals surface area contributed by atoms with Gasteiger partial charge in [-0.2, -0.15) is 15.0 Å². The van der Waals surface area contributed by atoms with Gasteiger partial charge in [0.15, 0.2) is 0 Å². The molecule has 5 heteroatoms. The fraction of sp³-hybridized carbons (Fsp3) is 0.125. The monoisotopic (exact) mass is 175 g/mol. The maximum atomic E-state index is 5.72. The van der Waals surface area contributed by atoms with E-state index < -0.39 is 0 Å². The van der Waals surface area contributed by atoms with E-state index in [1.807, 2.05) is 6.07 Å². The second-order valence-corrected chi connectivity index (χ2v) is 2.68. The maximum Gasteiger partial charge on any atom is 0.115 e. The molecule has 0 radical (unpaired) electrons. The van der Waals surface area contributed by atoms with E-state index in [2.05, 4.69) is 15.2 Å². The van der Waals surface area contributed by atoms with Crippen LogP contribution in [0.25, 0.3) is 11.3 Å². The molecule has 13 heavy (non-hydrogen) atoms. The molecule has 0 fully saturated rings. The maximum absolute atomic E-state index is 5.72. The summed E-state index contributed by atoms with van der Waals surface area (Å²) in [5.74, 6) is 0. The first-order chi connectivity index (χ1) is 6.27. The smallest absolute Gasteiger partial charge is 0.115 e. The molecule has 0 aromatic carbocycles. The van der Waals surface area contributed by atoms with Gasteiger partial charge in [-0.25, -0.2) is 0 Å². The van der Waals surface area contributed by atoms with Crippen LogP contribution in [0, 0.1) is 0 Å². The molecule has 2 aromatic rings. The zero-order valence-electron chi connectivity index (χ0n) is 7.18. The van der Waals surface area contributed by atoms with Crippen LogP contribution in [-0.2, 0) is 7.05 Å². The Labute approximate surface area is 75.2 Å². The summed E-state index contributed by atoms with van der Waals surface area (Å²) < 4.78 is 0. The molecule has 0 aliphatic rings. The lowest BCUT2D eigenvalue weighted by molar-refractivity contribution is 0.655. The molecule has 2 aromatic heterocycles. The molecule has 0 saturated carbocycles. The number of nitrogen functional groups attached to an aromatic ring is 1. The Morgan fingerprint density at radius 1 is 1.38 bits per heavy atom. The third-order valence-electron chi connectivity index (χ3n) is 1.73. The van der Waals surface area contributed by atoms with Gasteiger partial charge in [-0.15, -0.1) is 0 Å². The first kappa shape index (κ1) is 7.72. The Bertz CT molecular complexity index is 420. The zero-order chi connectivity index (χ0) is 9.26. The highest BCUT2D eigenvalue weighted by molar-refractivity contribution is 5.71. The highest BCUT2D eigenvalue weighted by Crippen LogP contribution is 2.20. The predicted octanol–water partition coefficient (Wildman–Crippen LogP) is 0.459. The van der Waals surface area contributed by atoms with Crippen molar-refractivity contribution < 1.29 is 0 Å². The van der Waals surface area contributed by atoms with Gasteiger partial charge in [-0.1, -0.05) is 0 Å². The summed E-state index contributed by atoms with van der Waals surface area (Å²) in [7, 11) is 1.76. The van der Waals surface area contributed by atoms with Crippen LogP contribution in [0.5, 0.6) is 0 Å². The fourth-order valence-electron chi connectivity index (χ4n) is 1.11. The Hall–Kier alpha value is -1.91. The summed E-state index contributed by atoms with van der Waals surface area (Å²) >= 11 is 0. The van der Waals surface area contributed by atoms with Crippen molar-refractivity contribution in [2.24, 2.45) is 7.05 Å². The van der Waals surface area contributed by atoms with Crippen LogP contribution < -0.4 is 5.73 Å². The largest absolute Gasteiger partial charge is 0.397 e. The Kier molecular flexibility index (Phi) is 1.70. The molecule has 0 saturated heterocycles. The van der Waals surface area contributed by atoms with Crippen LogP contribution in [0.4, 0.5) is 5.69 Å². The molecule has 2 N–H and O–H groups in total. The van der Waals surface area contributed by atoms with Gasteiger partial charge in [0.25, 0.3) is 0 Å². The lowest BCUT2D eigenvalue weighted by Crippen LogP contribution is -1.94. The van der Waals surface area contributed by atoms with Crippen LogP contribution >= 0.6 is 0 Å². The van der Waals surface area contributed by atoms with Crippen molar-refractivity contribution in [3.05, 3.63) is 24.7 Å². The minimum absolute atomic E-state index is 0.614. The highest BCUT2D eigenvalue weighted by Gasteiger charge is 2.04. The summed E-state index contributed by atoms with van der Waals surface area (Å²) in [4.78, 5) is 5.39. The minimum Gasteiger partial charge on any atom is -0.397 e. The number of rotatable bonds is 1. The molecule has 0 amide bonds. The van der Waals surface area contributed by atoms with E-state index in [4.69, 9.17) is 5.73 Å². The van der Waals surface area contributed by atoms with Crippen molar-refractivity contribution in [1.82, 2.24) is 20.0 Å². The molecule has 0 aliphatic heterocycles. The summed E-state index contributed by atoms with van der Waals surface area (Å²) in [5.41, 5.74) is 7.97. The second-order valence-electron chi connectivity index (χ2n) is 2.68. The van der Waals surface area contributed by atoms with Crippen LogP contribution in [-0.4, -0.2) is 20.0 Å². The molecule has 5 nitrogen and oxygen atoms in total. The number of pyridine rings is 1. The Morgan fingerprint density at radius 2 is 2.23 bits per heavy atom. The van der Waals surface area contributed by atoms with Gasteiger partial charge >= 0.3 is 0 Å². The first-order valence-electron chi connectivity index (χ1n) is 3.83. The summed E-state index contributed by atoms with van der Waals surface area (Å²) in [6.45, 7) is 0. The van der Waals surface area contributed by atoms with Crippen LogP contribution in [0.3, 0.4) is 0 Å². The zero-order valence-corrected chi connectivity index (χ0v) is 7.18. The average molecular weight is 175 g/mol. The van der Waals surface area contributed by atoms with E-state index in [0.717, 1.165) is 11.3 Å². The summed E-state index contributed by atoms with van der Waals surface area (Å²) in [5, 5.41) is 8.10. The molecular weight excluding hydrogens is 166 g/mol. The molecular formula is C8H9N5. The van der Waals surface area contributed by atoms with Crippen LogP contribution in [0.15, 0.2) is 24.7 Å². The molecule has 66 valence electrons. The lowest BCUT2D eigenvalue weighted by Gasteiger charge is -1.98.